The van der Waals surface area contributed by atoms with Crippen LogP contribution in [0, 0.1) is 0 Å². The number of ether oxygens (including phenoxy) is 1. The molecule has 0 aliphatic carbocycles. The van der Waals surface area contributed by atoms with Crippen LogP contribution >= 0.6 is 23.1 Å². The second kappa shape index (κ2) is 4.90. The molecule has 104 valence electrons. The van der Waals surface area contributed by atoms with Crippen LogP contribution in [0.5, 0.6) is 5.75 Å². The third-order valence-electron chi connectivity index (χ3n) is 3.68. The average molecular weight is 311 g/mol. The molecule has 0 aliphatic heterocycles. The average Bonchev–Trinajstić information content (AvgIpc) is 2.93. The Labute approximate surface area is 130 Å². The second-order valence-electron chi connectivity index (χ2n) is 4.78. The van der Waals surface area contributed by atoms with E-state index in [1.807, 2.05) is 23.5 Å². The Morgan fingerprint density at radius 1 is 1.05 bits per heavy atom. The number of thioether (sulfide) groups is 1. The molecule has 2 aromatic heterocycles. The molecule has 2 heterocycles. The SMILES string of the molecule is COc1cccc2c1nc(SC)c1sc3ccccc3c12. The highest BCUT2D eigenvalue weighted by atomic mass is 32.2. The minimum Gasteiger partial charge on any atom is -0.494 e. The Hall–Kier alpha value is -1.78. The number of pyridine rings is 1. The molecule has 0 fully saturated rings. The van der Waals surface area contributed by atoms with E-state index in [0.29, 0.717) is 0 Å². The molecule has 0 radical (unpaired) electrons. The number of benzene rings is 2. The van der Waals surface area contributed by atoms with Gasteiger partial charge in [0.05, 0.1) is 11.8 Å². The summed E-state index contributed by atoms with van der Waals surface area (Å²) in [7, 11) is 1.70. The van der Waals surface area contributed by atoms with Crippen LogP contribution < -0.4 is 4.74 Å². The fourth-order valence-corrected chi connectivity index (χ4v) is 4.70. The molecular weight excluding hydrogens is 298 g/mol. The van der Waals surface area contributed by atoms with Gasteiger partial charge in [0.2, 0.25) is 0 Å². The van der Waals surface area contributed by atoms with Gasteiger partial charge >= 0.3 is 0 Å². The van der Waals surface area contributed by atoms with Crippen molar-refractivity contribution in [3.8, 4) is 5.75 Å². The van der Waals surface area contributed by atoms with Crippen LogP contribution in [0.25, 0.3) is 31.1 Å². The first-order chi connectivity index (χ1) is 10.3. The molecular formula is C17H13NOS2. The molecule has 4 aromatic rings. The Kier molecular flexibility index (Phi) is 3.01. The van der Waals surface area contributed by atoms with Gasteiger partial charge in [-0.2, -0.15) is 0 Å². The Morgan fingerprint density at radius 3 is 2.67 bits per heavy atom. The van der Waals surface area contributed by atoms with Crippen molar-refractivity contribution in [2.24, 2.45) is 0 Å². The maximum Gasteiger partial charge on any atom is 0.145 e. The highest BCUT2D eigenvalue weighted by Crippen LogP contribution is 2.43. The third-order valence-corrected chi connectivity index (χ3v) is 5.67. The second-order valence-corrected chi connectivity index (χ2v) is 6.63. The molecule has 0 saturated carbocycles. The topological polar surface area (TPSA) is 22.1 Å². The van der Waals surface area contributed by atoms with Crippen LogP contribution in [0.3, 0.4) is 0 Å². The summed E-state index contributed by atoms with van der Waals surface area (Å²) in [6, 6.07) is 14.7. The molecule has 0 atom stereocenters. The van der Waals surface area contributed by atoms with Gasteiger partial charge in [0.15, 0.2) is 0 Å². The number of rotatable bonds is 2. The number of para-hydroxylation sites is 1. The number of methoxy groups -OCH3 is 1. The standard InChI is InChI=1S/C17H13NOS2/c1-19-12-8-5-7-11-14-10-6-3-4-9-13(10)21-16(14)17(20-2)18-15(11)12/h3-9H,1-2H3. The molecule has 4 rings (SSSR count). The van der Waals surface area contributed by atoms with E-state index in [1.54, 1.807) is 18.9 Å². The fourth-order valence-electron chi connectivity index (χ4n) is 2.76. The lowest BCUT2D eigenvalue weighted by molar-refractivity contribution is 0.419. The van der Waals surface area contributed by atoms with Crippen molar-refractivity contribution in [1.29, 1.82) is 0 Å². The van der Waals surface area contributed by atoms with Gasteiger partial charge in [0.25, 0.3) is 0 Å². The first kappa shape index (κ1) is 12.9. The van der Waals surface area contributed by atoms with Crippen molar-refractivity contribution in [2.75, 3.05) is 13.4 Å². The summed E-state index contributed by atoms with van der Waals surface area (Å²) in [4.78, 5) is 4.84. The molecule has 2 nitrogen and oxygen atoms in total. The Balaban J connectivity index is 2.32. The minimum absolute atomic E-state index is 0.833. The molecule has 4 heteroatoms. The van der Waals surface area contributed by atoms with E-state index >= 15 is 0 Å². The third kappa shape index (κ3) is 1.83. The van der Waals surface area contributed by atoms with Crippen LogP contribution in [0.2, 0.25) is 0 Å². The maximum atomic E-state index is 5.50. The maximum absolute atomic E-state index is 5.50. The van der Waals surface area contributed by atoms with Gasteiger partial charge in [-0.15, -0.1) is 23.1 Å². The normalized spacial score (nSPS) is 11.5. The van der Waals surface area contributed by atoms with Gasteiger partial charge in [-0.25, -0.2) is 4.98 Å². The van der Waals surface area contributed by atoms with Crippen LogP contribution in [0.4, 0.5) is 0 Å². The van der Waals surface area contributed by atoms with E-state index in [4.69, 9.17) is 9.72 Å². The molecule has 0 unspecified atom stereocenters. The quantitative estimate of drug-likeness (QED) is 0.467. The van der Waals surface area contributed by atoms with Crippen LogP contribution in [0.15, 0.2) is 47.5 Å². The molecule has 0 N–H and O–H groups in total. The highest BCUT2D eigenvalue weighted by Gasteiger charge is 2.15. The van der Waals surface area contributed by atoms with Crippen molar-refractivity contribution >= 4 is 54.2 Å². The lowest BCUT2D eigenvalue weighted by atomic mass is 10.1. The van der Waals surface area contributed by atoms with E-state index < -0.39 is 0 Å². The first-order valence-corrected chi connectivity index (χ1v) is 8.69. The summed E-state index contributed by atoms with van der Waals surface area (Å²) < 4.78 is 8.07. The molecule has 21 heavy (non-hydrogen) atoms. The van der Waals surface area contributed by atoms with Gasteiger partial charge in [-0.1, -0.05) is 30.3 Å². The fraction of sp³-hybridized carbons (Fsp3) is 0.118. The minimum atomic E-state index is 0.833. The lowest BCUT2D eigenvalue weighted by Gasteiger charge is -2.08. The zero-order valence-corrected chi connectivity index (χ0v) is 13.3. The van der Waals surface area contributed by atoms with Crippen molar-refractivity contribution in [1.82, 2.24) is 4.98 Å². The zero-order valence-electron chi connectivity index (χ0n) is 11.7. The Bertz CT molecular complexity index is 975. The highest BCUT2D eigenvalue weighted by molar-refractivity contribution is 7.98. The van der Waals surface area contributed by atoms with Crippen molar-refractivity contribution in [2.45, 2.75) is 5.03 Å². The van der Waals surface area contributed by atoms with Gasteiger partial charge < -0.3 is 4.74 Å². The summed E-state index contributed by atoms with van der Waals surface area (Å²) in [5.74, 6) is 0.833. The van der Waals surface area contributed by atoms with E-state index in [9.17, 15) is 0 Å². The molecule has 2 aromatic carbocycles. The lowest BCUT2D eigenvalue weighted by Crippen LogP contribution is -1.89. The number of thiophene rings is 1. The molecule has 0 spiro atoms. The van der Waals surface area contributed by atoms with E-state index in [-0.39, 0.29) is 0 Å². The van der Waals surface area contributed by atoms with Crippen LogP contribution in [-0.2, 0) is 0 Å². The van der Waals surface area contributed by atoms with Crippen molar-refractivity contribution in [3.05, 3.63) is 42.5 Å². The summed E-state index contributed by atoms with van der Waals surface area (Å²) in [5, 5.41) is 4.83. The van der Waals surface area contributed by atoms with Gasteiger partial charge in [-0.05, 0) is 18.4 Å². The van der Waals surface area contributed by atoms with E-state index in [1.165, 1.54) is 25.6 Å². The molecule has 0 aliphatic rings. The molecule has 0 saturated heterocycles. The smallest absolute Gasteiger partial charge is 0.145 e. The first-order valence-electron chi connectivity index (χ1n) is 6.65. The zero-order chi connectivity index (χ0) is 14.4. The van der Waals surface area contributed by atoms with E-state index in [2.05, 4.69) is 36.6 Å². The predicted molar refractivity (Wildman–Crippen MR) is 93.0 cm³/mol. The summed E-state index contributed by atoms with van der Waals surface area (Å²) in [6.07, 6.45) is 2.08. The summed E-state index contributed by atoms with van der Waals surface area (Å²) in [6.45, 7) is 0. The largest absolute Gasteiger partial charge is 0.494 e. The predicted octanol–water partition coefficient (Wildman–Crippen LogP) is 5.33. The number of nitrogens with zero attached hydrogens (tertiary/aromatic N) is 1. The Morgan fingerprint density at radius 2 is 1.86 bits per heavy atom. The van der Waals surface area contributed by atoms with E-state index in [0.717, 1.165) is 16.3 Å². The molecule has 0 bridgehead atoms. The van der Waals surface area contributed by atoms with Gasteiger partial charge in [0.1, 0.15) is 16.3 Å². The summed E-state index contributed by atoms with van der Waals surface area (Å²) in [5.41, 5.74) is 0.945. The number of fused-ring (bicyclic) bond motifs is 5. The van der Waals surface area contributed by atoms with Crippen LogP contribution in [-0.4, -0.2) is 18.3 Å². The molecule has 0 amide bonds. The number of hydrogen-bond acceptors (Lipinski definition) is 4. The van der Waals surface area contributed by atoms with Gasteiger partial charge in [-0.3, -0.25) is 0 Å². The van der Waals surface area contributed by atoms with Crippen LogP contribution in [0.1, 0.15) is 0 Å². The summed E-state index contributed by atoms with van der Waals surface area (Å²) >= 11 is 3.51. The number of aromatic nitrogens is 1. The van der Waals surface area contributed by atoms with Crippen molar-refractivity contribution < 1.29 is 4.74 Å². The van der Waals surface area contributed by atoms with Gasteiger partial charge in [0, 0.05) is 20.9 Å². The monoisotopic (exact) mass is 311 g/mol. The number of hydrogen-bond donors (Lipinski definition) is 0. The van der Waals surface area contributed by atoms with Crippen molar-refractivity contribution in [3.63, 3.8) is 0 Å².